The zero-order valence-corrected chi connectivity index (χ0v) is 19.0. The van der Waals surface area contributed by atoms with E-state index in [1.54, 1.807) is 33.8 Å². The van der Waals surface area contributed by atoms with Crippen molar-refractivity contribution < 1.29 is 13.2 Å². The normalized spacial score (nSPS) is 15.3. The smallest absolute Gasteiger partial charge is 0.257 e. The van der Waals surface area contributed by atoms with Gasteiger partial charge in [0.05, 0.1) is 28.0 Å². The van der Waals surface area contributed by atoms with Gasteiger partial charge in [-0.2, -0.15) is 9.40 Å². The lowest BCUT2D eigenvalue weighted by molar-refractivity contribution is 0.0697. The van der Waals surface area contributed by atoms with Crippen LogP contribution in [0.5, 0.6) is 0 Å². The fourth-order valence-corrected chi connectivity index (χ4v) is 5.28. The van der Waals surface area contributed by atoms with Crippen LogP contribution in [0.2, 0.25) is 10.0 Å². The number of hydrogen-bond donors (Lipinski definition) is 0. The highest BCUT2D eigenvalue weighted by atomic mass is 35.5. The molecule has 0 saturated carbocycles. The largest absolute Gasteiger partial charge is 0.336 e. The fraction of sp³-hybridized carbons (Fsp3) is 0.238. The third-order valence-corrected chi connectivity index (χ3v) is 7.67. The van der Waals surface area contributed by atoms with E-state index in [0.717, 1.165) is 5.69 Å². The van der Waals surface area contributed by atoms with E-state index in [9.17, 15) is 13.2 Å². The van der Waals surface area contributed by atoms with Crippen molar-refractivity contribution in [2.45, 2.75) is 11.8 Å². The lowest BCUT2D eigenvalue weighted by Crippen LogP contribution is -2.50. The minimum absolute atomic E-state index is 0.172. The van der Waals surface area contributed by atoms with E-state index in [1.807, 2.05) is 19.1 Å². The van der Waals surface area contributed by atoms with Crippen molar-refractivity contribution in [1.29, 1.82) is 0 Å². The minimum atomic E-state index is -3.63. The summed E-state index contributed by atoms with van der Waals surface area (Å²) in [6.45, 7) is 2.86. The van der Waals surface area contributed by atoms with E-state index < -0.39 is 10.0 Å². The van der Waals surface area contributed by atoms with E-state index >= 15 is 0 Å². The molecule has 0 atom stereocenters. The number of aromatic nitrogens is 2. The van der Waals surface area contributed by atoms with Crippen molar-refractivity contribution in [2.75, 3.05) is 26.2 Å². The van der Waals surface area contributed by atoms with Gasteiger partial charge in [0.1, 0.15) is 0 Å². The molecule has 10 heteroatoms. The molecule has 0 spiro atoms. The predicted molar refractivity (Wildman–Crippen MR) is 119 cm³/mol. The predicted octanol–water partition coefficient (Wildman–Crippen LogP) is 3.63. The maximum Gasteiger partial charge on any atom is 0.257 e. The van der Waals surface area contributed by atoms with Crippen molar-refractivity contribution >= 4 is 39.1 Å². The van der Waals surface area contributed by atoms with Crippen LogP contribution in [-0.4, -0.2) is 59.5 Å². The number of sulfonamides is 1. The SMILES string of the molecule is Cc1c(C(=O)N2CCN(S(=O)(=O)c3ccc(Cl)cc3)CC2)cnn1-c1cccc(Cl)c1. The first-order valence-corrected chi connectivity index (χ1v) is 11.8. The maximum absolute atomic E-state index is 13.1. The number of benzene rings is 2. The summed E-state index contributed by atoms with van der Waals surface area (Å²) in [5.74, 6) is -0.172. The van der Waals surface area contributed by atoms with Gasteiger partial charge in [0.2, 0.25) is 10.0 Å². The summed E-state index contributed by atoms with van der Waals surface area (Å²) in [6, 6.07) is 13.3. The Balaban J connectivity index is 1.47. The topological polar surface area (TPSA) is 75.5 Å². The molecule has 0 N–H and O–H groups in total. The minimum Gasteiger partial charge on any atom is -0.336 e. The standard InChI is InChI=1S/C21H20Cl2N4O3S/c1-15-20(14-24-27(15)18-4-2-3-17(23)13-18)21(28)25-9-11-26(12-10-25)31(29,30)19-7-5-16(22)6-8-19/h2-8,13-14H,9-12H2,1H3. The summed E-state index contributed by atoms with van der Waals surface area (Å²) in [6.07, 6.45) is 1.54. The van der Waals surface area contributed by atoms with Crippen LogP contribution in [0.4, 0.5) is 0 Å². The average molecular weight is 479 g/mol. The molecular formula is C21H20Cl2N4O3S. The highest BCUT2D eigenvalue weighted by Crippen LogP contribution is 2.22. The van der Waals surface area contributed by atoms with Crippen molar-refractivity contribution in [3.05, 3.63) is 76.0 Å². The van der Waals surface area contributed by atoms with Gasteiger partial charge in [0, 0.05) is 36.2 Å². The Morgan fingerprint density at radius 3 is 2.29 bits per heavy atom. The Morgan fingerprint density at radius 1 is 0.968 bits per heavy atom. The number of piperazine rings is 1. The molecule has 2 aromatic carbocycles. The molecule has 0 unspecified atom stereocenters. The second kappa shape index (κ2) is 8.63. The molecule has 2 heterocycles. The average Bonchev–Trinajstić information content (AvgIpc) is 3.15. The van der Waals surface area contributed by atoms with Gasteiger partial charge >= 0.3 is 0 Å². The van der Waals surface area contributed by atoms with Gasteiger partial charge in [-0.05, 0) is 49.4 Å². The molecule has 1 amide bonds. The zero-order valence-electron chi connectivity index (χ0n) is 16.7. The zero-order chi connectivity index (χ0) is 22.2. The second-order valence-corrected chi connectivity index (χ2v) is 10.00. The van der Waals surface area contributed by atoms with Gasteiger partial charge in [-0.3, -0.25) is 4.79 Å². The molecule has 0 bridgehead atoms. The molecule has 1 aliphatic rings. The second-order valence-electron chi connectivity index (χ2n) is 7.19. The Hall–Kier alpha value is -2.39. The maximum atomic E-state index is 13.1. The van der Waals surface area contributed by atoms with Gasteiger partial charge in [-0.1, -0.05) is 29.3 Å². The molecule has 7 nitrogen and oxygen atoms in total. The summed E-state index contributed by atoms with van der Waals surface area (Å²) in [5, 5.41) is 5.39. The molecule has 31 heavy (non-hydrogen) atoms. The fourth-order valence-electron chi connectivity index (χ4n) is 3.55. The Morgan fingerprint density at radius 2 is 1.65 bits per heavy atom. The van der Waals surface area contributed by atoms with Crippen molar-refractivity contribution in [3.63, 3.8) is 0 Å². The summed E-state index contributed by atoms with van der Waals surface area (Å²) in [4.78, 5) is 14.9. The molecule has 1 fully saturated rings. The van der Waals surface area contributed by atoms with E-state index in [-0.39, 0.29) is 23.9 Å². The number of nitrogens with zero attached hydrogens (tertiary/aromatic N) is 4. The third-order valence-electron chi connectivity index (χ3n) is 5.27. The Labute approximate surface area is 190 Å². The van der Waals surface area contributed by atoms with Crippen molar-refractivity contribution in [2.24, 2.45) is 0 Å². The van der Waals surface area contributed by atoms with Crippen LogP contribution in [0.3, 0.4) is 0 Å². The molecule has 1 aliphatic heterocycles. The van der Waals surface area contributed by atoms with Gasteiger partial charge < -0.3 is 4.90 Å². The van der Waals surface area contributed by atoms with Gasteiger partial charge in [-0.25, -0.2) is 13.1 Å². The molecule has 0 radical (unpaired) electrons. The van der Waals surface area contributed by atoms with Crippen LogP contribution in [0.1, 0.15) is 16.1 Å². The monoisotopic (exact) mass is 478 g/mol. The van der Waals surface area contributed by atoms with Crippen molar-refractivity contribution in [3.8, 4) is 5.69 Å². The first kappa shape index (κ1) is 21.8. The number of carbonyl (C=O) groups excluding carboxylic acids is 1. The number of carbonyl (C=O) groups is 1. The third kappa shape index (κ3) is 4.34. The lowest BCUT2D eigenvalue weighted by Gasteiger charge is -2.34. The summed E-state index contributed by atoms with van der Waals surface area (Å²) in [7, 11) is -3.63. The van der Waals surface area contributed by atoms with E-state index in [0.29, 0.717) is 34.4 Å². The number of hydrogen-bond acceptors (Lipinski definition) is 4. The van der Waals surface area contributed by atoms with E-state index in [1.165, 1.54) is 22.6 Å². The van der Waals surface area contributed by atoms with Crippen molar-refractivity contribution in [1.82, 2.24) is 19.0 Å². The molecule has 3 aromatic rings. The van der Waals surface area contributed by atoms with Crippen LogP contribution in [0.15, 0.2) is 59.6 Å². The summed E-state index contributed by atoms with van der Waals surface area (Å²) < 4.78 is 28.7. The first-order chi connectivity index (χ1) is 14.8. The first-order valence-electron chi connectivity index (χ1n) is 9.63. The number of rotatable bonds is 4. The van der Waals surface area contributed by atoms with Crippen LogP contribution in [0, 0.1) is 6.92 Å². The Bertz CT molecular complexity index is 1220. The van der Waals surface area contributed by atoms with Crippen LogP contribution in [-0.2, 0) is 10.0 Å². The lowest BCUT2D eigenvalue weighted by atomic mass is 10.2. The summed E-state index contributed by atoms with van der Waals surface area (Å²) in [5.41, 5.74) is 1.94. The van der Waals surface area contributed by atoms with Gasteiger partial charge in [0.25, 0.3) is 5.91 Å². The molecular weight excluding hydrogens is 459 g/mol. The Kier molecular flexibility index (Phi) is 6.07. The van der Waals surface area contributed by atoms with Crippen LogP contribution < -0.4 is 0 Å². The van der Waals surface area contributed by atoms with E-state index in [4.69, 9.17) is 23.2 Å². The highest BCUT2D eigenvalue weighted by molar-refractivity contribution is 7.89. The number of halogens is 2. The summed E-state index contributed by atoms with van der Waals surface area (Å²) >= 11 is 11.9. The van der Waals surface area contributed by atoms with E-state index in [2.05, 4.69) is 5.10 Å². The van der Waals surface area contributed by atoms with Gasteiger partial charge in [0.15, 0.2) is 0 Å². The molecule has 1 aromatic heterocycles. The van der Waals surface area contributed by atoms with Crippen LogP contribution >= 0.6 is 23.2 Å². The molecule has 1 saturated heterocycles. The number of amides is 1. The molecule has 162 valence electrons. The quantitative estimate of drug-likeness (QED) is 0.573. The van der Waals surface area contributed by atoms with Gasteiger partial charge in [-0.15, -0.1) is 0 Å². The molecule has 0 aliphatic carbocycles. The molecule has 4 rings (SSSR count). The highest BCUT2D eigenvalue weighted by Gasteiger charge is 2.31. The van der Waals surface area contributed by atoms with Crippen LogP contribution in [0.25, 0.3) is 5.69 Å².